The number of carbonyl (C=O) groups is 2. The number of piperidine rings is 3. The average Bonchev–Trinajstić information content (AvgIpc) is 3.25. The van der Waals surface area contributed by atoms with Gasteiger partial charge in [-0.3, -0.25) is 9.59 Å². The lowest BCUT2D eigenvalue weighted by molar-refractivity contribution is -0.119. The molecule has 3 saturated heterocycles. The van der Waals surface area contributed by atoms with E-state index in [-0.39, 0.29) is 24.5 Å². The highest BCUT2D eigenvalue weighted by Crippen LogP contribution is 2.33. The van der Waals surface area contributed by atoms with Gasteiger partial charge in [-0.05, 0) is 55.6 Å². The second kappa shape index (κ2) is 8.76. The fourth-order valence-electron chi connectivity index (χ4n) is 4.86. The van der Waals surface area contributed by atoms with Crippen LogP contribution in [-0.4, -0.2) is 56.1 Å². The molecule has 3 aliphatic heterocycles. The minimum Gasteiger partial charge on any atom is -0.450 e. The van der Waals surface area contributed by atoms with E-state index >= 15 is 0 Å². The normalized spacial score (nSPS) is 22.1. The maximum absolute atomic E-state index is 13.0. The lowest BCUT2D eigenvalue weighted by Gasteiger charge is -2.44. The molecule has 2 bridgehead atoms. The number of rotatable bonds is 6. The molecule has 3 aromatic rings. The van der Waals surface area contributed by atoms with Crippen molar-refractivity contribution in [2.24, 2.45) is 5.92 Å². The Hall–Kier alpha value is -3.16. The van der Waals surface area contributed by atoms with Crippen molar-refractivity contribution in [3.8, 4) is 11.1 Å². The number of benzene rings is 2. The molecular weight excluding hydrogens is 406 g/mol. The second-order valence-corrected chi connectivity index (χ2v) is 8.61. The largest absolute Gasteiger partial charge is 0.450 e. The van der Waals surface area contributed by atoms with Crippen LogP contribution in [0.4, 0.5) is 5.69 Å². The summed E-state index contributed by atoms with van der Waals surface area (Å²) in [5.74, 6) is 0.507. The van der Waals surface area contributed by atoms with E-state index in [2.05, 4.69) is 15.5 Å². The van der Waals surface area contributed by atoms with Gasteiger partial charge >= 0.3 is 0 Å². The molecule has 7 nitrogen and oxygen atoms in total. The molecule has 4 heterocycles. The number of nitrogens with one attached hydrogen (secondary N) is 2. The van der Waals surface area contributed by atoms with Crippen LogP contribution in [0.25, 0.3) is 22.1 Å². The Morgan fingerprint density at radius 1 is 1.12 bits per heavy atom. The van der Waals surface area contributed by atoms with Crippen molar-refractivity contribution in [3.63, 3.8) is 0 Å². The number of amides is 2. The molecule has 2 aromatic carbocycles. The Bertz CT molecular complexity index is 1150. The van der Waals surface area contributed by atoms with Crippen LogP contribution in [0.1, 0.15) is 23.4 Å². The maximum atomic E-state index is 13.0. The van der Waals surface area contributed by atoms with Crippen molar-refractivity contribution in [3.05, 3.63) is 54.3 Å². The third-order valence-electron chi connectivity index (χ3n) is 6.47. The first-order valence-electron chi connectivity index (χ1n) is 11.1. The molecule has 0 radical (unpaired) electrons. The van der Waals surface area contributed by atoms with E-state index in [4.69, 9.17) is 9.15 Å². The van der Waals surface area contributed by atoms with E-state index in [1.165, 1.54) is 7.11 Å². The van der Waals surface area contributed by atoms with Crippen molar-refractivity contribution in [1.29, 1.82) is 0 Å². The molecule has 32 heavy (non-hydrogen) atoms. The summed E-state index contributed by atoms with van der Waals surface area (Å²) in [6.07, 6.45) is 2.29. The third kappa shape index (κ3) is 4.13. The topological polar surface area (TPSA) is 83.8 Å². The number of hydrogen-bond acceptors (Lipinski definition) is 5. The van der Waals surface area contributed by atoms with E-state index in [1.54, 1.807) is 6.07 Å². The van der Waals surface area contributed by atoms with Gasteiger partial charge in [0, 0.05) is 36.3 Å². The van der Waals surface area contributed by atoms with Crippen molar-refractivity contribution in [2.75, 3.05) is 38.7 Å². The van der Waals surface area contributed by atoms with Crippen LogP contribution in [-0.2, 0) is 9.53 Å². The highest BCUT2D eigenvalue weighted by Gasteiger charge is 2.35. The van der Waals surface area contributed by atoms with Gasteiger partial charge in [-0.25, -0.2) is 0 Å². The van der Waals surface area contributed by atoms with Crippen molar-refractivity contribution in [2.45, 2.75) is 18.9 Å². The molecule has 1 aromatic heterocycles. The lowest BCUT2D eigenvalue weighted by atomic mass is 9.84. The summed E-state index contributed by atoms with van der Waals surface area (Å²) < 4.78 is 10.9. The molecule has 7 heteroatoms. The second-order valence-electron chi connectivity index (χ2n) is 8.61. The first-order chi connectivity index (χ1) is 15.6. The van der Waals surface area contributed by atoms with Gasteiger partial charge in [-0.15, -0.1) is 0 Å². The minimum absolute atomic E-state index is 0.00389. The molecular formula is C25H27N3O4. The van der Waals surface area contributed by atoms with Gasteiger partial charge in [0.15, 0.2) is 5.76 Å². The van der Waals surface area contributed by atoms with Crippen LogP contribution in [0.2, 0.25) is 0 Å². The SMILES string of the molecule is COCC(=O)Nc1cccc(-c2cccc3cc(C(=O)N[C@H]4CN5CCC4CC5)oc23)c1. The van der Waals surface area contributed by atoms with E-state index in [1.807, 2.05) is 42.5 Å². The first kappa shape index (κ1) is 20.7. The predicted molar refractivity (Wildman–Crippen MR) is 123 cm³/mol. The number of fused-ring (bicyclic) bond motifs is 4. The number of nitrogens with zero attached hydrogens (tertiary/aromatic N) is 1. The summed E-state index contributed by atoms with van der Waals surface area (Å²) in [4.78, 5) is 27.2. The number of furan rings is 1. The van der Waals surface area contributed by atoms with Crippen LogP contribution in [0.5, 0.6) is 0 Å². The molecule has 0 saturated carbocycles. The van der Waals surface area contributed by atoms with Gasteiger partial charge in [0.1, 0.15) is 12.2 Å². The zero-order chi connectivity index (χ0) is 22.1. The fourth-order valence-corrected chi connectivity index (χ4v) is 4.86. The Labute approximate surface area is 186 Å². The number of anilines is 1. The number of para-hydroxylation sites is 1. The van der Waals surface area contributed by atoms with Crippen LogP contribution in [0.15, 0.2) is 52.9 Å². The van der Waals surface area contributed by atoms with Gasteiger partial charge < -0.3 is 24.7 Å². The highest BCUT2D eigenvalue weighted by molar-refractivity contribution is 6.00. The van der Waals surface area contributed by atoms with E-state index in [9.17, 15) is 9.59 Å². The number of ether oxygens (including phenoxy) is 1. The maximum Gasteiger partial charge on any atom is 0.287 e. The lowest BCUT2D eigenvalue weighted by Crippen LogP contribution is -2.57. The molecule has 2 amide bonds. The Morgan fingerprint density at radius 3 is 2.69 bits per heavy atom. The molecule has 2 N–H and O–H groups in total. The Kier molecular flexibility index (Phi) is 5.68. The fraction of sp³-hybridized carbons (Fsp3) is 0.360. The monoisotopic (exact) mass is 433 g/mol. The summed E-state index contributed by atoms with van der Waals surface area (Å²) in [5, 5.41) is 6.89. The first-order valence-corrected chi connectivity index (χ1v) is 11.1. The molecule has 6 rings (SSSR count). The third-order valence-corrected chi connectivity index (χ3v) is 6.47. The Morgan fingerprint density at radius 2 is 1.94 bits per heavy atom. The molecule has 3 aliphatic rings. The molecule has 0 unspecified atom stereocenters. The highest BCUT2D eigenvalue weighted by atomic mass is 16.5. The molecule has 0 aliphatic carbocycles. The van der Waals surface area contributed by atoms with Crippen LogP contribution < -0.4 is 10.6 Å². The molecule has 3 fully saturated rings. The van der Waals surface area contributed by atoms with E-state index < -0.39 is 0 Å². The van der Waals surface area contributed by atoms with E-state index in [0.717, 1.165) is 49.0 Å². The van der Waals surface area contributed by atoms with Crippen LogP contribution >= 0.6 is 0 Å². The van der Waals surface area contributed by atoms with Gasteiger partial charge in [0.05, 0.1) is 0 Å². The van der Waals surface area contributed by atoms with Crippen LogP contribution in [0.3, 0.4) is 0 Å². The number of carbonyl (C=O) groups excluding carboxylic acids is 2. The summed E-state index contributed by atoms with van der Waals surface area (Å²) in [6.45, 7) is 3.19. The van der Waals surface area contributed by atoms with Crippen LogP contribution in [0, 0.1) is 5.92 Å². The number of hydrogen-bond donors (Lipinski definition) is 2. The summed E-state index contributed by atoms with van der Waals surface area (Å²) in [6, 6.07) is 15.4. The summed E-state index contributed by atoms with van der Waals surface area (Å²) >= 11 is 0. The van der Waals surface area contributed by atoms with Crippen molar-refractivity contribution < 1.29 is 18.7 Å². The quantitative estimate of drug-likeness (QED) is 0.622. The zero-order valence-electron chi connectivity index (χ0n) is 18.1. The van der Waals surface area contributed by atoms with Gasteiger partial charge in [0.25, 0.3) is 5.91 Å². The smallest absolute Gasteiger partial charge is 0.287 e. The van der Waals surface area contributed by atoms with Gasteiger partial charge in [-0.1, -0.05) is 30.3 Å². The average molecular weight is 434 g/mol. The standard InChI is InChI=1S/C25H27N3O4/c1-31-15-23(29)26-19-6-2-4-17(12-19)20-7-3-5-18-13-22(32-24(18)20)25(30)27-21-14-28-10-8-16(21)9-11-28/h2-7,12-13,16,21H,8-11,14-15H2,1H3,(H,26,29)(H,27,30)/t21-/m0/s1. The summed E-state index contributed by atoms with van der Waals surface area (Å²) in [7, 11) is 1.48. The van der Waals surface area contributed by atoms with E-state index in [0.29, 0.717) is 22.9 Å². The minimum atomic E-state index is -0.215. The Balaban J connectivity index is 1.39. The molecule has 166 valence electrons. The van der Waals surface area contributed by atoms with Gasteiger partial charge in [0.2, 0.25) is 5.91 Å². The number of methoxy groups -OCH3 is 1. The molecule has 0 spiro atoms. The zero-order valence-corrected chi connectivity index (χ0v) is 18.1. The van der Waals surface area contributed by atoms with Gasteiger partial charge in [-0.2, -0.15) is 0 Å². The summed E-state index contributed by atoms with van der Waals surface area (Å²) in [5.41, 5.74) is 3.09. The van der Waals surface area contributed by atoms with Crippen molar-refractivity contribution in [1.82, 2.24) is 10.2 Å². The van der Waals surface area contributed by atoms with Crippen molar-refractivity contribution >= 4 is 28.5 Å². The predicted octanol–water partition coefficient (Wildman–Crippen LogP) is 3.51. The molecule has 1 atom stereocenters.